The predicted molar refractivity (Wildman–Crippen MR) is 70.7 cm³/mol. The van der Waals surface area contributed by atoms with Crippen LogP contribution in [-0.2, 0) is 9.47 Å². The Bertz CT molecular complexity index is 286. The van der Waals surface area contributed by atoms with Crippen molar-refractivity contribution in [1.82, 2.24) is 10.2 Å². The topological polar surface area (TPSA) is 50.8 Å². The molecule has 0 aliphatic carbocycles. The number of carbonyl (C=O) groups excluding carboxylic acids is 1. The van der Waals surface area contributed by atoms with Crippen LogP contribution >= 0.6 is 0 Å². The van der Waals surface area contributed by atoms with Gasteiger partial charge in [-0.2, -0.15) is 0 Å². The third kappa shape index (κ3) is 4.46. The summed E-state index contributed by atoms with van der Waals surface area (Å²) in [6, 6.07) is 0.536. The molecule has 1 aliphatic rings. The molecule has 0 aromatic rings. The molecule has 2 atom stereocenters. The monoisotopic (exact) mass is 258 g/mol. The minimum absolute atomic E-state index is 0.0277. The Labute approximate surface area is 110 Å². The highest BCUT2D eigenvalue weighted by Gasteiger charge is 2.37. The fourth-order valence-corrected chi connectivity index (χ4v) is 2.08. The van der Waals surface area contributed by atoms with Crippen LogP contribution in [0.25, 0.3) is 0 Å². The SMILES string of the molecule is CO[C@H]1CN(C(=O)OC(C)(C)C)C[C@H]1NC(C)C. The molecule has 1 N–H and O–H groups in total. The summed E-state index contributed by atoms with van der Waals surface area (Å²) in [5, 5.41) is 3.42. The van der Waals surface area contributed by atoms with Gasteiger partial charge < -0.3 is 19.7 Å². The maximum Gasteiger partial charge on any atom is 0.410 e. The number of amides is 1. The van der Waals surface area contributed by atoms with Gasteiger partial charge in [0.2, 0.25) is 0 Å². The Morgan fingerprint density at radius 2 is 1.94 bits per heavy atom. The van der Waals surface area contributed by atoms with Crippen LogP contribution in [0.4, 0.5) is 4.79 Å². The summed E-state index contributed by atoms with van der Waals surface area (Å²) in [4.78, 5) is 13.7. The van der Waals surface area contributed by atoms with Crippen LogP contribution < -0.4 is 5.32 Å². The second-order valence-corrected chi connectivity index (χ2v) is 6.09. The number of carbonyl (C=O) groups is 1. The molecular weight excluding hydrogens is 232 g/mol. The zero-order valence-electron chi connectivity index (χ0n) is 12.3. The molecule has 0 aromatic heterocycles. The van der Waals surface area contributed by atoms with Crippen molar-refractivity contribution < 1.29 is 14.3 Å². The number of nitrogens with one attached hydrogen (secondary N) is 1. The third-order valence-electron chi connectivity index (χ3n) is 2.77. The van der Waals surface area contributed by atoms with E-state index in [-0.39, 0.29) is 18.2 Å². The summed E-state index contributed by atoms with van der Waals surface area (Å²) in [6.07, 6.45) is -0.238. The molecular formula is C13H26N2O3. The summed E-state index contributed by atoms with van der Waals surface area (Å²) in [7, 11) is 1.68. The van der Waals surface area contributed by atoms with E-state index >= 15 is 0 Å². The van der Waals surface area contributed by atoms with E-state index in [4.69, 9.17) is 9.47 Å². The lowest BCUT2D eigenvalue weighted by Gasteiger charge is -2.24. The second-order valence-electron chi connectivity index (χ2n) is 6.09. The van der Waals surface area contributed by atoms with E-state index in [0.717, 1.165) is 0 Å². The highest BCUT2D eigenvalue weighted by atomic mass is 16.6. The summed E-state index contributed by atoms with van der Waals surface area (Å²) < 4.78 is 10.8. The number of methoxy groups -OCH3 is 1. The molecule has 1 aliphatic heterocycles. The maximum atomic E-state index is 12.0. The molecule has 0 saturated carbocycles. The van der Waals surface area contributed by atoms with Crippen molar-refractivity contribution in [3.8, 4) is 0 Å². The van der Waals surface area contributed by atoms with E-state index in [2.05, 4.69) is 19.2 Å². The molecule has 106 valence electrons. The molecule has 1 saturated heterocycles. The molecule has 1 fully saturated rings. The molecule has 0 radical (unpaired) electrons. The van der Waals surface area contributed by atoms with Gasteiger partial charge >= 0.3 is 6.09 Å². The average molecular weight is 258 g/mol. The summed E-state index contributed by atoms with van der Waals surface area (Å²) in [5.41, 5.74) is -0.455. The molecule has 18 heavy (non-hydrogen) atoms. The summed E-state index contributed by atoms with van der Waals surface area (Å²) >= 11 is 0. The van der Waals surface area contributed by atoms with E-state index in [1.54, 1.807) is 12.0 Å². The summed E-state index contributed by atoms with van der Waals surface area (Å²) in [5.74, 6) is 0. The lowest BCUT2D eigenvalue weighted by atomic mass is 10.2. The van der Waals surface area contributed by atoms with E-state index < -0.39 is 5.60 Å². The quantitative estimate of drug-likeness (QED) is 0.835. The number of likely N-dealkylation sites (tertiary alicyclic amines) is 1. The van der Waals surface area contributed by atoms with Crippen LogP contribution in [0.2, 0.25) is 0 Å². The first-order valence-corrected chi connectivity index (χ1v) is 6.49. The van der Waals surface area contributed by atoms with Crippen molar-refractivity contribution >= 4 is 6.09 Å². The number of ether oxygens (including phenoxy) is 2. The van der Waals surface area contributed by atoms with Gasteiger partial charge in [0.25, 0.3) is 0 Å². The standard InChI is InChI=1S/C13H26N2O3/c1-9(2)14-10-7-15(8-11(10)17-6)12(16)18-13(3,4)5/h9-11,14H,7-8H2,1-6H3/t10-,11+/m1/s1. The molecule has 0 spiro atoms. The Hall–Kier alpha value is -0.810. The van der Waals surface area contributed by atoms with Crippen LogP contribution in [0.5, 0.6) is 0 Å². The van der Waals surface area contributed by atoms with Gasteiger partial charge in [-0.1, -0.05) is 13.8 Å². The predicted octanol–water partition coefficient (Wildman–Crippen LogP) is 1.62. The first kappa shape index (κ1) is 15.2. The fourth-order valence-electron chi connectivity index (χ4n) is 2.08. The van der Waals surface area contributed by atoms with Crippen LogP contribution in [0.1, 0.15) is 34.6 Å². The van der Waals surface area contributed by atoms with Crippen molar-refractivity contribution in [1.29, 1.82) is 0 Å². The average Bonchev–Trinajstić information content (AvgIpc) is 2.57. The lowest BCUT2D eigenvalue weighted by Crippen LogP contribution is -2.44. The molecule has 1 heterocycles. The number of hydrogen-bond acceptors (Lipinski definition) is 4. The van der Waals surface area contributed by atoms with Crippen molar-refractivity contribution in [2.24, 2.45) is 0 Å². The van der Waals surface area contributed by atoms with Crippen LogP contribution in [-0.4, -0.2) is 55.0 Å². The van der Waals surface area contributed by atoms with Crippen LogP contribution in [0, 0.1) is 0 Å². The summed E-state index contributed by atoms with van der Waals surface area (Å²) in [6.45, 7) is 11.0. The first-order valence-electron chi connectivity index (χ1n) is 6.49. The first-order chi connectivity index (χ1) is 8.23. The van der Waals surface area contributed by atoms with Gasteiger partial charge in [0.15, 0.2) is 0 Å². The van der Waals surface area contributed by atoms with Gasteiger partial charge in [-0.3, -0.25) is 0 Å². The van der Waals surface area contributed by atoms with Crippen molar-refractivity contribution in [3.05, 3.63) is 0 Å². The van der Waals surface area contributed by atoms with E-state index in [0.29, 0.717) is 19.1 Å². The molecule has 0 bridgehead atoms. The smallest absolute Gasteiger partial charge is 0.410 e. The minimum Gasteiger partial charge on any atom is -0.444 e. The Morgan fingerprint density at radius 3 is 2.39 bits per heavy atom. The van der Waals surface area contributed by atoms with Gasteiger partial charge in [0, 0.05) is 19.7 Å². The van der Waals surface area contributed by atoms with Gasteiger partial charge in [-0.15, -0.1) is 0 Å². The largest absolute Gasteiger partial charge is 0.444 e. The molecule has 5 nitrogen and oxygen atoms in total. The Balaban J connectivity index is 2.58. The highest BCUT2D eigenvalue weighted by molar-refractivity contribution is 5.68. The van der Waals surface area contributed by atoms with Gasteiger partial charge in [-0.25, -0.2) is 4.79 Å². The fraction of sp³-hybridized carbons (Fsp3) is 0.923. The van der Waals surface area contributed by atoms with Crippen LogP contribution in [0.3, 0.4) is 0 Å². The second kappa shape index (κ2) is 5.89. The molecule has 5 heteroatoms. The minimum atomic E-state index is -0.455. The molecule has 0 unspecified atom stereocenters. The van der Waals surface area contributed by atoms with Gasteiger partial charge in [0.1, 0.15) is 5.60 Å². The number of hydrogen-bond donors (Lipinski definition) is 1. The van der Waals surface area contributed by atoms with Crippen molar-refractivity contribution in [3.63, 3.8) is 0 Å². The van der Waals surface area contributed by atoms with Crippen molar-refractivity contribution in [2.75, 3.05) is 20.2 Å². The Morgan fingerprint density at radius 1 is 1.33 bits per heavy atom. The van der Waals surface area contributed by atoms with Gasteiger partial charge in [-0.05, 0) is 20.8 Å². The lowest BCUT2D eigenvalue weighted by molar-refractivity contribution is 0.0252. The molecule has 0 aromatic carbocycles. The molecule has 1 amide bonds. The van der Waals surface area contributed by atoms with E-state index in [1.165, 1.54) is 0 Å². The highest BCUT2D eigenvalue weighted by Crippen LogP contribution is 2.17. The number of rotatable bonds is 3. The van der Waals surface area contributed by atoms with E-state index in [1.807, 2.05) is 20.8 Å². The molecule has 1 rings (SSSR count). The number of nitrogens with zero attached hydrogens (tertiary/aromatic N) is 1. The van der Waals surface area contributed by atoms with Crippen LogP contribution in [0.15, 0.2) is 0 Å². The normalized spacial score (nSPS) is 24.7. The zero-order valence-corrected chi connectivity index (χ0v) is 12.3. The van der Waals surface area contributed by atoms with Crippen molar-refractivity contribution in [2.45, 2.75) is 58.4 Å². The Kier molecular flexibility index (Phi) is 4.99. The van der Waals surface area contributed by atoms with Gasteiger partial charge in [0.05, 0.1) is 18.7 Å². The third-order valence-corrected chi connectivity index (χ3v) is 2.77. The van der Waals surface area contributed by atoms with E-state index in [9.17, 15) is 4.79 Å². The zero-order chi connectivity index (χ0) is 13.9. The maximum absolute atomic E-state index is 12.0.